The molecular formula is C11H18O10. The van der Waals surface area contributed by atoms with Crippen LogP contribution in [0.4, 0.5) is 0 Å². The molecule has 0 rings (SSSR count). The molecule has 10 nitrogen and oxygen atoms in total. The van der Waals surface area contributed by atoms with Gasteiger partial charge in [-0.3, -0.25) is 9.59 Å². The second kappa shape index (κ2) is 8.64. The summed E-state index contributed by atoms with van der Waals surface area (Å²) in [5.41, 5.74) is 0. The molecule has 21 heavy (non-hydrogen) atoms. The number of carboxylic acids is 1. The van der Waals surface area contributed by atoms with Crippen molar-refractivity contribution in [2.45, 2.75) is 43.9 Å². The van der Waals surface area contributed by atoms with Gasteiger partial charge in [0.15, 0.2) is 0 Å². The third-order valence-electron chi connectivity index (χ3n) is 2.58. The Morgan fingerprint density at radius 2 is 1.38 bits per heavy atom. The number of carbonyl (C=O) groups excluding carboxylic acids is 2. The van der Waals surface area contributed by atoms with Gasteiger partial charge in [-0.15, -0.1) is 0 Å². The molecule has 0 aromatic carbocycles. The van der Waals surface area contributed by atoms with Gasteiger partial charge < -0.3 is 35.4 Å². The zero-order valence-electron chi connectivity index (χ0n) is 11.1. The summed E-state index contributed by atoms with van der Waals surface area (Å²) >= 11 is 0. The summed E-state index contributed by atoms with van der Waals surface area (Å²) in [6, 6.07) is 0. The van der Waals surface area contributed by atoms with Crippen LogP contribution in [-0.2, 0) is 19.1 Å². The summed E-state index contributed by atoms with van der Waals surface area (Å²) in [7, 11) is 0. The Morgan fingerprint density at radius 1 is 0.905 bits per heavy atom. The average Bonchev–Trinajstić information content (AvgIpc) is 2.41. The number of aliphatic hydroxyl groups is 5. The maximum Gasteiger partial charge on any atom is 0.372 e. The topological polar surface area (TPSA) is 182 Å². The number of hydrogen-bond donors (Lipinski definition) is 6. The Labute approximate surface area is 119 Å². The molecule has 0 aromatic heterocycles. The molecule has 0 aliphatic carbocycles. The van der Waals surface area contributed by atoms with E-state index in [-0.39, 0.29) is 0 Å². The van der Waals surface area contributed by atoms with Crippen LogP contribution in [0.15, 0.2) is 0 Å². The highest BCUT2D eigenvalue weighted by Crippen LogP contribution is 2.11. The van der Waals surface area contributed by atoms with E-state index in [9.17, 15) is 39.9 Å². The molecule has 5 atom stereocenters. The Balaban J connectivity index is 4.52. The van der Waals surface area contributed by atoms with Crippen LogP contribution in [0.25, 0.3) is 0 Å². The molecule has 0 aliphatic heterocycles. The number of carbonyl (C=O) groups is 3. The molecule has 0 radical (unpaired) electrons. The van der Waals surface area contributed by atoms with Gasteiger partial charge in [-0.25, -0.2) is 4.79 Å². The normalized spacial score (nSPS) is 18.2. The van der Waals surface area contributed by atoms with Crippen LogP contribution in [0.3, 0.4) is 0 Å². The fraction of sp³-hybridized carbons (Fsp3) is 0.727. The molecule has 0 bridgehead atoms. The summed E-state index contributed by atoms with van der Waals surface area (Å²) in [4.78, 5) is 31.6. The number of aliphatic hydroxyl groups excluding tert-OH is 5. The van der Waals surface area contributed by atoms with E-state index in [1.807, 2.05) is 0 Å². The van der Waals surface area contributed by atoms with Crippen molar-refractivity contribution >= 4 is 17.7 Å². The lowest BCUT2D eigenvalue weighted by atomic mass is 9.97. The van der Waals surface area contributed by atoms with Gasteiger partial charge in [0.05, 0.1) is 6.10 Å². The van der Waals surface area contributed by atoms with Crippen molar-refractivity contribution in [3.63, 3.8) is 0 Å². The van der Waals surface area contributed by atoms with Crippen LogP contribution in [0.2, 0.25) is 0 Å². The molecule has 0 unspecified atom stereocenters. The standard InChI is InChI=1S/C11H18O10/c1-4(12)21-3-7(15)9(17)10(18)8(16)5(13)2-6(14)11(19)20/h5,7-10,13,15-18H,2-3H2,1H3,(H,19,20)/t5-,7-,8+,9+,10+/m0/s1. The van der Waals surface area contributed by atoms with Crippen molar-refractivity contribution in [2.24, 2.45) is 0 Å². The summed E-state index contributed by atoms with van der Waals surface area (Å²) in [5, 5.41) is 55.6. The van der Waals surface area contributed by atoms with Crippen LogP contribution in [-0.4, -0.2) is 85.5 Å². The number of aliphatic carboxylic acids is 1. The molecular weight excluding hydrogens is 292 g/mol. The third kappa shape index (κ3) is 6.60. The molecule has 0 spiro atoms. The molecule has 0 heterocycles. The van der Waals surface area contributed by atoms with Crippen LogP contribution in [0.5, 0.6) is 0 Å². The van der Waals surface area contributed by atoms with Gasteiger partial charge >= 0.3 is 11.9 Å². The van der Waals surface area contributed by atoms with E-state index >= 15 is 0 Å². The van der Waals surface area contributed by atoms with Crippen LogP contribution >= 0.6 is 0 Å². The minimum atomic E-state index is -2.09. The van der Waals surface area contributed by atoms with Gasteiger partial charge in [-0.1, -0.05) is 0 Å². The van der Waals surface area contributed by atoms with E-state index in [2.05, 4.69) is 4.74 Å². The molecule has 0 aliphatic rings. The highest BCUT2D eigenvalue weighted by molar-refractivity contribution is 6.32. The highest BCUT2D eigenvalue weighted by Gasteiger charge is 2.36. The fourth-order valence-electron chi connectivity index (χ4n) is 1.36. The number of carboxylic acid groups (broad SMARTS) is 1. The summed E-state index contributed by atoms with van der Waals surface area (Å²) in [6.07, 6.45) is -10.9. The number of esters is 1. The van der Waals surface area contributed by atoms with Crippen molar-refractivity contribution in [1.82, 2.24) is 0 Å². The molecule has 10 heteroatoms. The summed E-state index contributed by atoms with van der Waals surface area (Å²) in [6.45, 7) is 0.385. The van der Waals surface area contributed by atoms with E-state index < -0.39 is 61.3 Å². The van der Waals surface area contributed by atoms with Crippen LogP contribution in [0, 0.1) is 0 Å². The lowest BCUT2D eigenvalue weighted by Crippen LogP contribution is -2.50. The number of rotatable bonds is 9. The van der Waals surface area contributed by atoms with Crippen molar-refractivity contribution in [1.29, 1.82) is 0 Å². The SMILES string of the molecule is CC(=O)OC[C@H](O)[C@@H](O)[C@H](O)[C@H](O)[C@@H](O)CC(=O)C(=O)O. The molecule has 0 saturated heterocycles. The first-order chi connectivity index (χ1) is 9.57. The highest BCUT2D eigenvalue weighted by atomic mass is 16.5. The monoisotopic (exact) mass is 310 g/mol. The molecule has 6 N–H and O–H groups in total. The van der Waals surface area contributed by atoms with Gasteiger partial charge in [0.1, 0.15) is 31.0 Å². The van der Waals surface area contributed by atoms with Crippen molar-refractivity contribution in [3.8, 4) is 0 Å². The minimum Gasteiger partial charge on any atom is -0.475 e. The Hall–Kier alpha value is -1.59. The van der Waals surface area contributed by atoms with Gasteiger partial charge in [-0.2, -0.15) is 0 Å². The quantitative estimate of drug-likeness (QED) is 0.184. The molecule has 0 fully saturated rings. The predicted molar refractivity (Wildman–Crippen MR) is 63.9 cm³/mol. The first kappa shape index (κ1) is 19.4. The zero-order chi connectivity index (χ0) is 16.7. The van der Waals surface area contributed by atoms with E-state index in [0.29, 0.717) is 0 Å². The largest absolute Gasteiger partial charge is 0.475 e. The van der Waals surface area contributed by atoms with Crippen molar-refractivity contribution < 1.29 is 49.8 Å². The summed E-state index contributed by atoms with van der Waals surface area (Å²) < 4.78 is 4.38. The number of hydrogen-bond acceptors (Lipinski definition) is 9. The second-order valence-electron chi connectivity index (χ2n) is 4.34. The van der Waals surface area contributed by atoms with E-state index in [0.717, 1.165) is 6.92 Å². The second-order valence-corrected chi connectivity index (χ2v) is 4.34. The Bertz CT molecular complexity index is 381. The van der Waals surface area contributed by atoms with E-state index in [1.54, 1.807) is 0 Å². The smallest absolute Gasteiger partial charge is 0.372 e. The fourth-order valence-corrected chi connectivity index (χ4v) is 1.36. The number of Topliss-reactive ketones (excluding diaryl/α,β-unsaturated/α-hetero) is 1. The van der Waals surface area contributed by atoms with Crippen LogP contribution in [0.1, 0.15) is 13.3 Å². The zero-order valence-corrected chi connectivity index (χ0v) is 11.1. The Kier molecular flexibility index (Phi) is 7.99. The Morgan fingerprint density at radius 3 is 1.81 bits per heavy atom. The van der Waals surface area contributed by atoms with Crippen molar-refractivity contribution in [2.75, 3.05) is 6.61 Å². The maximum atomic E-state index is 10.8. The van der Waals surface area contributed by atoms with Gasteiger partial charge in [0.2, 0.25) is 5.78 Å². The van der Waals surface area contributed by atoms with E-state index in [1.165, 1.54) is 0 Å². The molecule has 0 saturated carbocycles. The lowest BCUT2D eigenvalue weighted by Gasteiger charge is -2.28. The van der Waals surface area contributed by atoms with Gasteiger partial charge in [0, 0.05) is 13.3 Å². The third-order valence-corrected chi connectivity index (χ3v) is 2.58. The van der Waals surface area contributed by atoms with E-state index in [4.69, 9.17) is 5.11 Å². The molecule has 0 amide bonds. The minimum absolute atomic E-state index is 0.662. The molecule has 0 aromatic rings. The number of ether oxygens (including phenoxy) is 1. The predicted octanol–water partition coefficient (Wildman–Crippen LogP) is -3.60. The first-order valence-electron chi connectivity index (χ1n) is 5.87. The van der Waals surface area contributed by atoms with Crippen molar-refractivity contribution in [3.05, 3.63) is 0 Å². The van der Waals surface area contributed by atoms with Gasteiger partial charge in [0.25, 0.3) is 0 Å². The maximum absolute atomic E-state index is 10.8. The average molecular weight is 310 g/mol. The number of ketones is 1. The van der Waals surface area contributed by atoms with Gasteiger partial charge in [-0.05, 0) is 0 Å². The first-order valence-corrected chi connectivity index (χ1v) is 5.87. The summed E-state index contributed by atoms with van der Waals surface area (Å²) in [5.74, 6) is -3.97. The molecule has 122 valence electrons. The lowest BCUT2D eigenvalue weighted by molar-refractivity contribution is -0.161. The van der Waals surface area contributed by atoms with Crippen LogP contribution < -0.4 is 0 Å².